The summed E-state index contributed by atoms with van der Waals surface area (Å²) < 4.78 is 0. The second kappa shape index (κ2) is 8.14. The number of carboxylic acid groups (broad SMARTS) is 1. The van der Waals surface area contributed by atoms with Crippen molar-refractivity contribution in [2.75, 3.05) is 0 Å². The molecule has 0 aliphatic heterocycles. The maximum Gasteiger partial charge on any atom is 0.335 e. The van der Waals surface area contributed by atoms with E-state index in [9.17, 15) is 14.7 Å². The fraction of sp³-hybridized carbons (Fsp3) is 0.286. The molecule has 0 amide bonds. The average Bonchev–Trinajstić information content (AvgIpc) is 2.67. The van der Waals surface area contributed by atoms with E-state index in [4.69, 9.17) is 0 Å². The van der Waals surface area contributed by atoms with Crippen LogP contribution in [0.4, 0.5) is 0 Å². The fourth-order valence-electron chi connectivity index (χ4n) is 3.07. The van der Waals surface area contributed by atoms with Gasteiger partial charge in [0.15, 0.2) is 0 Å². The summed E-state index contributed by atoms with van der Waals surface area (Å²) in [5.74, 6) is -0.333. The lowest BCUT2D eigenvalue weighted by molar-refractivity contribution is 0.0696. The summed E-state index contributed by atoms with van der Waals surface area (Å²) in [5, 5.41) is 9.78. The van der Waals surface area contributed by atoms with Crippen LogP contribution in [0.3, 0.4) is 0 Å². The molecule has 0 aliphatic rings. The predicted molar refractivity (Wildman–Crippen MR) is 105 cm³/mol. The monoisotopic (exact) mass is 365 g/mol. The van der Waals surface area contributed by atoms with Gasteiger partial charge in [-0.15, -0.1) is 0 Å². The standard InChI is InChI=1S/C21H23N3O3/c1-3-14(2)24(12-15-7-6-8-16(11-15)21(26)27)13-19-22-18-10-5-4-9-17(18)20(25)23-19/h4-11,14H,3,12-13H2,1-2H3,(H,26,27)(H,22,23,25). The highest BCUT2D eigenvalue weighted by atomic mass is 16.4. The lowest BCUT2D eigenvalue weighted by atomic mass is 10.1. The molecule has 27 heavy (non-hydrogen) atoms. The van der Waals surface area contributed by atoms with Gasteiger partial charge >= 0.3 is 5.97 Å². The Balaban J connectivity index is 1.89. The zero-order chi connectivity index (χ0) is 19.4. The summed E-state index contributed by atoms with van der Waals surface area (Å²) in [6, 6.07) is 14.5. The number of hydrogen-bond donors (Lipinski definition) is 2. The topological polar surface area (TPSA) is 86.3 Å². The first kappa shape index (κ1) is 18.8. The molecular weight excluding hydrogens is 342 g/mol. The van der Waals surface area contributed by atoms with Gasteiger partial charge in [0.05, 0.1) is 23.0 Å². The van der Waals surface area contributed by atoms with Crippen LogP contribution in [0.15, 0.2) is 53.3 Å². The Labute approximate surface area is 157 Å². The van der Waals surface area contributed by atoms with Gasteiger partial charge in [-0.25, -0.2) is 9.78 Å². The van der Waals surface area contributed by atoms with E-state index in [1.54, 1.807) is 24.3 Å². The Hall–Kier alpha value is -2.99. The van der Waals surface area contributed by atoms with Crippen molar-refractivity contribution in [2.45, 2.75) is 39.4 Å². The summed E-state index contributed by atoms with van der Waals surface area (Å²) in [5.41, 5.74) is 1.72. The number of rotatable bonds is 7. The van der Waals surface area contributed by atoms with Gasteiger partial charge in [0.25, 0.3) is 5.56 Å². The number of aromatic amines is 1. The number of para-hydroxylation sites is 1. The van der Waals surface area contributed by atoms with Crippen LogP contribution in [0.25, 0.3) is 10.9 Å². The van der Waals surface area contributed by atoms with Crippen molar-refractivity contribution >= 4 is 16.9 Å². The Kier molecular flexibility index (Phi) is 5.66. The van der Waals surface area contributed by atoms with E-state index >= 15 is 0 Å². The Morgan fingerprint density at radius 3 is 2.70 bits per heavy atom. The van der Waals surface area contributed by atoms with Gasteiger partial charge in [0, 0.05) is 12.6 Å². The summed E-state index contributed by atoms with van der Waals surface area (Å²) >= 11 is 0. The van der Waals surface area contributed by atoms with Gasteiger partial charge in [0.2, 0.25) is 0 Å². The van der Waals surface area contributed by atoms with Crippen molar-refractivity contribution < 1.29 is 9.90 Å². The number of nitrogens with one attached hydrogen (secondary N) is 1. The van der Waals surface area contributed by atoms with E-state index in [1.807, 2.05) is 24.3 Å². The third kappa shape index (κ3) is 4.41. The van der Waals surface area contributed by atoms with Crippen molar-refractivity contribution in [2.24, 2.45) is 0 Å². The van der Waals surface area contributed by atoms with Gasteiger partial charge in [0.1, 0.15) is 5.82 Å². The molecule has 0 fully saturated rings. The van der Waals surface area contributed by atoms with Gasteiger partial charge in [-0.2, -0.15) is 0 Å². The summed E-state index contributed by atoms with van der Waals surface area (Å²) in [6.07, 6.45) is 0.927. The lowest BCUT2D eigenvalue weighted by Crippen LogP contribution is -2.33. The van der Waals surface area contributed by atoms with E-state index in [1.165, 1.54) is 0 Å². The third-order valence-electron chi connectivity index (χ3n) is 4.79. The van der Waals surface area contributed by atoms with E-state index in [0.29, 0.717) is 29.8 Å². The first-order valence-corrected chi connectivity index (χ1v) is 9.02. The molecule has 2 N–H and O–H groups in total. The number of aromatic carboxylic acids is 1. The largest absolute Gasteiger partial charge is 0.478 e. The highest BCUT2D eigenvalue weighted by molar-refractivity contribution is 5.87. The normalized spacial score (nSPS) is 12.4. The van der Waals surface area contributed by atoms with E-state index in [0.717, 1.165) is 12.0 Å². The minimum atomic E-state index is -0.938. The molecule has 3 aromatic rings. The van der Waals surface area contributed by atoms with Crippen molar-refractivity contribution in [3.05, 3.63) is 75.8 Å². The molecule has 0 bridgehead atoms. The molecule has 0 saturated heterocycles. The van der Waals surface area contributed by atoms with Gasteiger partial charge in [-0.05, 0) is 43.2 Å². The van der Waals surface area contributed by atoms with Crippen LogP contribution in [-0.4, -0.2) is 32.0 Å². The zero-order valence-electron chi connectivity index (χ0n) is 15.5. The molecular formula is C21H23N3O3. The first-order chi connectivity index (χ1) is 13.0. The number of nitrogens with zero attached hydrogens (tertiary/aromatic N) is 2. The third-order valence-corrected chi connectivity index (χ3v) is 4.79. The van der Waals surface area contributed by atoms with E-state index < -0.39 is 5.97 Å². The number of fused-ring (bicyclic) bond motifs is 1. The number of H-pyrrole nitrogens is 1. The molecule has 0 aliphatic carbocycles. The zero-order valence-corrected chi connectivity index (χ0v) is 15.5. The quantitative estimate of drug-likeness (QED) is 0.670. The Morgan fingerprint density at radius 2 is 1.96 bits per heavy atom. The molecule has 0 radical (unpaired) electrons. The summed E-state index contributed by atoms with van der Waals surface area (Å²) in [7, 11) is 0. The number of benzene rings is 2. The molecule has 0 spiro atoms. The number of hydrogen-bond acceptors (Lipinski definition) is 4. The summed E-state index contributed by atoms with van der Waals surface area (Å²) in [4.78, 5) is 33.2. The van der Waals surface area contributed by atoms with Crippen molar-refractivity contribution in [1.29, 1.82) is 0 Å². The smallest absolute Gasteiger partial charge is 0.335 e. The van der Waals surface area contributed by atoms with Crippen LogP contribution < -0.4 is 5.56 Å². The molecule has 6 nitrogen and oxygen atoms in total. The molecule has 3 rings (SSSR count). The van der Waals surface area contributed by atoms with Crippen LogP contribution in [0.5, 0.6) is 0 Å². The Morgan fingerprint density at radius 1 is 1.19 bits per heavy atom. The number of aromatic nitrogens is 2. The molecule has 1 aromatic heterocycles. The Bertz CT molecular complexity index is 1010. The molecule has 1 heterocycles. The van der Waals surface area contributed by atoms with E-state index in [-0.39, 0.29) is 17.2 Å². The molecule has 6 heteroatoms. The molecule has 1 atom stereocenters. The minimum absolute atomic E-state index is 0.146. The SMILES string of the molecule is CCC(C)N(Cc1cccc(C(=O)O)c1)Cc1nc2ccccc2c(=O)[nH]1. The predicted octanol–water partition coefficient (Wildman–Crippen LogP) is 3.42. The van der Waals surface area contributed by atoms with Gasteiger partial charge < -0.3 is 10.1 Å². The molecule has 1 unspecified atom stereocenters. The van der Waals surface area contributed by atoms with Crippen molar-refractivity contribution in [1.82, 2.24) is 14.9 Å². The summed E-state index contributed by atoms with van der Waals surface area (Å²) in [6.45, 7) is 5.27. The second-order valence-corrected chi connectivity index (χ2v) is 6.70. The van der Waals surface area contributed by atoms with Gasteiger partial charge in [-0.3, -0.25) is 9.69 Å². The van der Waals surface area contributed by atoms with Crippen LogP contribution in [0.2, 0.25) is 0 Å². The maximum atomic E-state index is 12.3. The highest BCUT2D eigenvalue weighted by Gasteiger charge is 2.16. The van der Waals surface area contributed by atoms with E-state index in [2.05, 4.69) is 28.7 Å². The lowest BCUT2D eigenvalue weighted by Gasteiger charge is -2.28. The van der Waals surface area contributed by atoms with Crippen molar-refractivity contribution in [3.63, 3.8) is 0 Å². The first-order valence-electron chi connectivity index (χ1n) is 9.02. The van der Waals surface area contributed by atoms with Crippen LogP contribution in [-0.2, 0) is 13.1 Å². The van der Waals surface area contributed by atoms with Crippen LogP contribution in [0.1, 0.15) is 42.0 Å². The molecule has 0 saturated carbocycles. The van der Waals surface area contributed by atoms with Crippen molar-refractivity contribution in [3.8, 4) is 0 Å². The molecule has 2 aromatic carbocycles. The number of carboxylic acids is 1. The average molecular weight is 365 g/mol. The fourth-order valence-corrected chi connectivity index (χ4v) is 3.07. The highest BCUT2D eigenvalue weighted by Crippen LogP contribution is 2.15. The number of carbonyl (C=O) groups is 1. The van der Waals surface area contributed by atoms with Crippen LogP contribution >= 0.6 is 0 Å². The van der Waals surface area contributed by atoms with Gasteiger partial charge in [-0.1, -0.05) is 31.2 Å². The second-order valence-electron chi connectivity index (χ2n) is 6.70. The maximum absolute atomic E-state index is 12.3. The minimum Gasteiger partial charge on any atom is -0.478 e. The van der Waals surface area contributed by atoms with Crippen LogP contribution in [0, 0.1) is 0 Å². The molecule has 140 valence electrons.